The maximum absolute atomic E-state index is 12.2. The van der Waals surface area contributed by atoms with Crippen molar-refractivity contribution in [1.29, 1.82) is 0 Å². The second-order valence-electron chi connectivity index (χ2n) is 6.37. The predicted molar refractivity (Wildman–Crippen MR) is 89.2 cm³/mol. The summed E-state index contributed by atoms with van der Waals surface area (Å²) in [6, 6.07) is 6.27. The van der Waals surface area contributed by atoms with Gasteiger partial charge in [-0.15, -0.1) is 0 Å². The molecule has 2 amide bonds. The van der Waals surface area contributed by atoms with Crippen molar-refractivity contribution >= 4 is 23.4 Å². The molecule has 2 rings (SSSR count). The number of nitrogens with one attached hydrogen (secondary N) is 2. The smallest absolute Gasteiger partial charge is 0.389 e. The molecule has 0 saturated heterocycles. The van der Waals surface area contributed by atoms with E-state index in [4.69, 9.17) is 11.6 Å². The number of aliphatic hydroxyl groups excluding tert-OH is 1. The van der Waals surface area contributed by atoms with E-state index in [1.54, 1.807) is 24.3 Å². The van der Waals surface area contributed by atoms with Crippen LogP contribution < -0.4 is 10.6 Å². The highest BCUT2D eigenvalue weighted by Crippen LogP contribution is 2.27. The van der Waals surface area contributed by atoms with Crippen molar-refractivity contribution in [2.24, 2.45) is 5.92 Å². The van der Waals surface area contributed by atoms with Crippen LogP contribution in [0.4, 0.5) is 13.2 Å². The number of rotatable bonds is 6. The van der Waals surface area contributed by atoms with Gasteiger partial charge in [0, 0.05) is 23.9 Å². The van der Waals surface area contributed by atoms with E-state index < -0.39 is 43.0 Å². The van der Waals surface area contributed by atoms with Crippen LogP contribution in [0, 0.1) is 5.92 Å². The normalized spacial score (nSPS) is 22.9. The van der Waals surface area contributed by atoms with Crippen molar-refractivity contribution in [2.75, 3.05) is 0 Å². The number of aliphatic hydroxyl groups is 1. The molecule has 1 saturated carbocycles. The molecule has 0 unspecified atom stereocenters. The number of alkyl halides is 3. The summed E-state index contributed by atoms with van der Waals surface area (Å²) in [7, 11) is 0. The Morgan fingerprint density at radius 2 is 2.00 bits per heavy atom. The highest BCUT2D eigenvalue weighted by atomic mass is 35.5. The van der Waals surface area contributed by atoms with Crippen molar-refractivity contribution in [3.8, 4) is 0 Å². The van der Waals surface area contributed by atoms with Crippen molar-refractivity contribution in [3.63, 3.8) is 0 Å². The lowest BCUT2D eigenvalue weighted by molar-refractivity contribution is -0.144. The largest absolute Gasteiger partial charge is 0.391 e. The summed E-state index contributed by atoms with van der Waals surface area (Å²) in [5.74, 6) is -1.58. The first-order valence-electron chi connectivity index (χ1n) is 8.20. The van der Waals surface area contributed by atoms with Gasteiger partial charge in [-0.3, -0.25) is 9.59 Å². The summed E-state index contributed by atoms with van der Waals surface area (Å²) in [4.78, 5) is 23.8. The summed E-state index contributed by atoms with van der Waals surface area (Å²) >= 11 is 5.87. The molecule has 0 radical (unpaired) electrons. The van der Waals surface area contributed by atoms with E-state index in [0.717, 1.165) is 5.56 Å². The lowest BCUT2D eigenvalue weighted by Gasteiger charge is -2.16. The van der Waals surface area contributed by atoms with Crippen LogP contribution in [-0.4, -0.2) is 35.2 Å². The molecular formula is C17H20ClF3N2O3. The van der Waals surface area contributed by atoms with Crippen LogP contribution in [-0.2, 0) is 16.1 Å². The van der Waals surface area contributed by atoms with Gasteiger partial charge in [0.2, 0.25) is 11.8 Å². The van der Waals surface area contributed by atoms with Gasteiger partial charge in [0.1, 0.15) is 0 Å². The number of hydrogen-bond donors (Lipinski definition) is 3. The molecule has 1 aliphatic carbocycles. The first kappa shape index (κ1) is 20.5. The highest BCUT2D eigenvalue weighted by Gasteiger charge is 2.38. The summed E-state index contributed by atoms with van der Waals surface area (Å²) < 4.78 is 36.4. The van der Waals surface area contributed by atoms with Crippen LogP contribution in [0.25, 0.3) is 0 Å². The van der Waals surface area contributed by atoms with Crippen molar-refractivity contribution < 1.29 is 27.9 Å². The van der Waals surface area contributed by atoms with Gasteiger partial charge in [0.25, 0.3) is 0 Å². The molecule has 1 aliphatic rings. The van der Waals surface area contributed by atoms with Gasteiger partial charge in [0.15, 0.2) is 0 Å². The molecule has 1 aromatic carbocycles. The fourth-order valence-electron chi connectivity index (χ4n) is 2.90. The van der Waals surface area contributed by atoms with Gasteiger partial charge in [-0.1, -0.05) is 23.7 Å². The quantitative estimate of drug-likeness (QED) is 0.696. The van der Waals surface area contributed by atoms with Crippen LogP contribution in [0.5, 0.6) is 0 Å². The Kier molecular flexibility index (Phi) is 6.88. The van der Waals surface area contributed by atoms with Crippen LogP contribution in [0.15, 0.2) is 24.3 Å². The molecule has 0 aromatic heterocycles. The molecule has 0 bridgehead atoms. The third-order valence-electron chi connectivity index (χ3n) is 4.24. The van der Waals surface area contributed by atoms with E-state index in [0.29, 0.717) is 5.02 Å². The molecule has 0 spiro atoms. The number of benzene rings is 1. The molecule has 26 heavy (non-hydrogen) atoms. The summed E-state index contributed by atoms with van der Waals surface area (Å²) in [6.07, 6.45) is -6.96. The van der Waals surface area contributed by atoms with Gasteiger partial charge < -0.3 is 15.7 Å². The van der Waals surface area contributed by atoms with Gasteiger partial charge in [0.05, 0.1) is 18.6 Å². The average molecular weight is 393 g/mol. The maximum Gasteiger partial charge on any atom is 0.389 e. The van der Waals surface area contributed by atoms with Gasteiger partial charge >= 0.3 is 6.18 Å². The molecule has 0 aliphatic heterocycles. The van der Waals surface area contributed by atoms with E-state index in [1.165, 1.54) is 0 Å². The summed E-state index contributed by atoms with van der Waals surface area (Å²) in [5.41, 5.74) is 0.821. The SMILES string of the molecule is O=C(CCC(F)(F)F)N[C@@H]1C[C@H](C(=O)NCc2cccc(Cl)c2)C[C@H]1O. The Morgan fingerprint density at radius 3 is 2.65 bits per heavy atom. The fraction of sp³-hybridized carbons (Fsp3) is 0.529. The van der Waals surface area contributed by atoms with Crippen LogP contribution in [0.2, 0.25) is 5.02 Å². The second kappa shape index (κ2) is 8.73. The van der Waals surface area contributed by atoms with E-state index in [9.17, 15) is 27.9 Å². The summed E-state index contributed by atoms with van der Waals surface area (Å²) in [5, 5.41) is 15.6. The van der Waals surface area contributed by atoms with Crippen LogP contribution in [0.1, 0.15) is 31.2 Å². The minimum absolute atomic E-state index is 0.144. The zero-order valence-electron chi connectivity index (χ0n) is 13.9. The third kappa shape index (κ3) is 6.49. The molecule has 3 N–H and O–H groups in total. The Balaban J connectivity index is 1.79. The molecule has 0 heterocycles. The van der Waals surface area contributed by atoms with Gasteiger partial charge in [-0.25, -0.2) is 0 Å². The number of halogens is 4. The van der Waals surface area contributed by atoms with Crippen molar-refractivity contribution in [3.05, 3.63) is 34.9 Å². The Morgan fingerprint density at radius 1 is 1.27 bits per heavy atom. The third-order valence-corrected chi connectivity index (χ3v) is 4.47. The molecule has 1 fully saturated rings. The first-order valence-corrected chi connectivity index (χ1v) is 8.58. The zero-order chi connectivity index (χ0) is 19.3. The standard InChI is InChI=1S/C17H20ClF3N2O3/c18-12-3-1-2-10(6-12)9-22-16(26)11-7-13(14(24)8-11)23-15(25)4-5-17(19,20)21/h1-3,6,11,13-14,24H,4-5,7-9H2,(H,22,26)(H,23,25)/t11-,13+,14+/m0/s1. The lowest BCUT2D eigenvalue weighted by atomic mass is 10.1. The molecule has 5 nitrogen and oxygen atoms in total. The van der Waals surface area contributed by atoms with E-state index in [1.807, 2.05) is 0 Å². The zero-order valence-corrected chi connectivity index (χ0v) is 14.6. The van der Waals surface area contributed by atoms with Crippen LogP contribution in [0.3, 0.4) is 0 Å². The molecule has 3 atom stereocenters. The Bertz CT molecular complexity index is 654. The van der Waals surface area contributed by atoms with Gasteiger partial charge in [-0.05, 0) is 30.5 Å². The summed E-state index contributed by atoms with van der Waals surface area (Å²) in [6.45, 7) is 0.272. The lowest BCUT2D eigenvalue weighted by Crippen LogP contribution is -2.40. The minimum Gasteiger partial charge on any atom is -0.391 e. The number of amides is 2. The van der Waals surface area contributed by atoms with Crippen molar-refractivity contribution in [2.45, 2.75) is 50.6 Å². The van der Waals surface area contributed by atoms with E-state index in [2.05, 4.69) is 10.6 Å². The molecule has 144 valence electrons. The Labute approximate surface area is 153 Å². The maximum atomic E-state index is 12.2. The fourth-order valence-corrected chi connectivity index (χ4v) is 3.11. The first-order chi connectivity index (χ1) is 12.1. The topological polar surface area (TPSA) is 78.4 Å². The van der Waals surface area contributed by atoms with E-state index in [-0.39, 0.29) is 25.3 Å². The number of carbonyl (C=O) groups excluding carboxylic acids is 2. The van der Waals surface area contributed by atoms with Crippen molar-refractivity contribution in [1.82, 2.24) is 10.6 Å². The van der Waals surface area contributed by atoms with Gasteiger partial charge in [-0.2, -0.15) is 13.2 Å². The second-order valence-corrected chi connectivity index (χ2v) is 6.81. The number of carbonyl (C=O) groups is 2. The minimum atomic E-state index is -4.41. The molecule has 9 heteroatoms. The average Bonchev–Trinajstić information content (AvgIpc) is 2.91. The molecular weight excluding hydrogens is 373 g/mol. The Hall–Kier alpha value is -1.80. The monoisotopic (exact) mass is 392 g/mol. The van der Waals surface area contributed by atoms with E-state index >= 15 is 0 Å². The van der Waals surface area contributed by atoms with Crippen LogP contribution >= 0.6 is 11.6 Å². The highest BCUT2D eigenvalue weighted by molar-refractivity contribution is 6.30. The predicted octanol–water partition coefficient (Wildman–Crippen LogP) is 2.55. The number of hydrogen-bond acceptors (Lipinski definition) is 3. The molecule has 1 aromatic rings.